The van der Waals surface area contributed by atoms with Crippen LogP contribution in [-0.4, -0.2) is 0 Å². The average molecular weight is 562 g/mol. The van der Waals surface area contributed by atoms with Crippen molar-refractivity contribution in [2.45, 2.75) is 0 Å². The number of hydrogen-bond acceptors (Lipinski definition) is 2. The first kappa shape index (κ1) is 24.7. The molecule has 0 amide bonds. The number of hydrogen-bond donors (Lipinski definition) is 0. The summed E-state index contributed by atoms with van der Waals surface area (Å²) in [4.78, 5) is 2.42. The fraction of sp³-hybridized carbons (Fsp3) is 0. The zero-order valence-corrected chi connectivity index (χ0v) is 23.9. The molecule has 1 aliphatic rings. The molecule has 0 radical (unpaired) electrons. The molecular formula is C42H27NO. The van der Waals surface area contributed by atoms with Crippen molar-refractivity contribution in [2.75, 3.05) is 4.90 Å². The maximum atomic E-state index is 6.39. The highest BCUT2D eigenvalue weighted by molar-refractivity contribution is 6.10. The van der Waals surface area contributed by atoms with Crippen LogP contribution in [0.2, 0.25) is 0 Å². The number of benzene rings is 8. The Labute approximate surface area is 256 Å². The number of ether oxygens (including phenoxy) is 1. The fourth-order valence-corrected chi connectivity index (χ4v) is 6.86. The van der Waals surface area contributed by atoms with Crippen LogP contribution in [0.3, 0.4) is 0 Å². The molecule has 2 nitrogen and oxygen atoms in total. The largest absolute Gasteiger partial charge is 0.456 e. The second-order valence-corrected chi connectivity index (χ2v) is 11.3. The van der Waals surface area contributed by atoms with Crippen LogP contribution in [0.5, 0.6) is 11.5 Å². The van der Waals surface area contributed by atoms with Gasteiger partial charge in [-0.2, -0.15) is 0 Å². The van der Waals surface area contributed by atoms with Gasteiger partial charge in [0.05, 0.1) is 11.4 Å². The highest BCUT2D eigenvalue weighted by Gasteiger charge is 2.22. The second-order valence-electron chi connectivity index (χ2n) is 11.3. The van der Waals surface area contributed by atoms with Crippen molar-refractivity contribution in [1.82, 2.24) is 0 Å². The molecule has 8 aromatic carbocycles. The molecular weight excluding hydrogens is 534 g/mol. The molecule has 9 rings (SSSR count). The molecule has 0 saturated heterocycles. The van der Waals surface area contributed by atoms with Crippen LogP contribution in [0.25, 0.3) is 54.6 Å². The Hall–Kier alpha value is -5.86. The monoisotopic (exact) mass is 561 g/mol. The van der Waals surface area contributed by atoms with Crippen LogP contribution in [0.15, 0.2) is 164 Å². The third-order valence-electron chi connectivity index (χ3n) is 8.83. The summed E-state index contributed by atoms with van der Waals surface area (Å²) in [6, 6.07) is 58.6. The van der Waals surface area contributed by atoms with E-state index >= 15 is 0 Å². The van der Waals surface area contributed by atoms with Gasteiger partial charge in [0.25, 0.3) is 0 Å². The first-order valence-electron chi connectivity index (χ1n) is 15.0. The zero-order chi connectivity index (χ0) is 29.0. The maximum absolute atomic E-state index is 6.39. The van der Waals surface area contributed by atoms with E-state index in [0.717, 1.165) is 45.1 Å². The summed E-state index contributed by atoms with van der Waals surface area (Å²) in [7, 11) is 0. The van der Waals surface area contributed by atoms with E-state index < -0.39 is 0 Å². The molecule has 0 atom stereocenters. The molecule has 1 heterocycles. The number of para-hydroxylation sites is 1. The van der Waals surface area contributed by atoms with Gasteiger partial charge in [-0.05, 0) is 69.2 Å². The summed E-state index contributed by atoms with van der Waals surface area (Å²) in [6.45, 7) is 0. The summed E-state index contributed by atoms with van der Waals surface area (Å²) < 4.78 is 6.39. The quantitative estimate of drug-likeness (QED) is 0.212. The predicted octanol–water partition coefficient (Wildman–Crippen LogP) is 12.1. The van der Waals surface area contributed by atoms with Crippen molar-refractivity contribution in [3.05, 3.63) is 164 Å². The topological polar surface area (TPSA) is 12.5 Å². The third kappa shape index (κ3) is 3.82. The Morgan fingerprint density at radius 2 is 0.977 bits per heavy atom. The molecule has 2 heteroatoms. The molecule has 1 aliphatic heterocycles. The van der Waals surface area contributed by atoms with E-state index in [2.05, 4.69) is 157 Å². The SMILES string of the molecule is c1cc(-c2ccc3c4c(cccc24)-c2ccccc2O3)cc(N(c2cccc3ccccc23)c2cccc3ccccc23)c1. The van der Waals surface area contributed by atoms with Crippen LogP contribution in [-0.2, 0) is 0 Å². The predicted molar refractivity (Wildman–Crippen MR) is 185 cm³/mol. The first-order valence-corrected chi connectivity index (χ1v) is 15.0. The molecule has 0 spiro atoms. The van der Waals surface area contributed by atoms with Gasteiger partial charge in [0, 0.05) is 27.4 Å². The van der Waals surface area contributed by atoms with Gasteiger partial charge >= 0.3 is 0 Å². The van der Waals surface area contributed by atoms with E-state index in [0.29, 0.717) is 0 Å². The molecule has 206 valence electrons. The lowest BCUT2D eigenvalue weighted by Gasteiger charge is -2.28. The van der Waals surface area contributed by atoms with Gasteiger partial charge in [-0.1, -0.05) is 127 Å². The van der Waals surface area contributed by atoms with Gasteiger partial charge in [-0.25, -0.2) is 0 Å². The highest BCUT2D eigenvalue weighted by Crippen LogP contribution is 2.49. The van der Waals surface area contributed by atoms with E-state index in [1.807, 2.05) is 12.1 Å². The minimum atomic E-state index is 0.905. The standard InChI is InChI=1S/C42H27NO/c1-3-17-33-28(11-1)13-8-22-38(33)43(39-23-9-14-29-12-2-4-18-34(29)39)31-16-7-15-30(27-31)32-25-26-41-42-36(32)20-10-21-37(42)35-19-5-6-24-40(35)44-41/h1-27H. The van der Waals surface area contributed by atoms with Gasteiger partial charge in [-0.3, -0.25) is 0 Å². The van der Waals surface area contributed by atoms with E-state index in [9.17, 15) is 0 Å². The summed E-state index contributed by atoms with van der Waals surface area (Å²) in [5.74, 6) is 1.81. The summed E-state index contributed by atoms with van der Waals surface area (Å²) in [6.07, 6.45) is 0. The lowest BCUT2D eigenvalue weighted by atomic mass is 9.90. The van der Waals surface area contributed by atoms with Gasteiger partial charge in [-0.15, -0.1) is 0 Å². The van der Waals surface area contributed by atoms with Crippen molar-refractivity contribution in [2.24, 2.45) is 0 Å². The van der Waals surface area contributed by atoms with Crippen molar-refractivity contribution >= 4 is 49.4 Å². The smallest absolute Gasteiger partial charge is 0.135 e. The molecule has 44 heavy (non-hydrogen) atoms. The number of anilines is 3. The molecule has 8 aromatic rings. The minimum absolute atomic E-state index is 0.905. The highest BCUT2D eigenvalue weighted by atomic mass is 16.5. The minimum Gasteiger partial charge on any atom is -0.456 e. The number of nitrogens with zero attached hydrogens (tertiary/aromatic N) is 1. The summed E-state index contributed by atoms with van der Waals surface area (Å²) >= 11 is 0. The molecule has 0 unspecified atom stereocenters. The van der Waals surface area contributed by atoms with Crippen LogP contribution >= 0.6 is 0 Å². The van der Waals surface area contributed by atoms with Gasteiger partial charge in [0.15, 0.2) is 0 Å². The second kappa shape index (κ2) is 9.86. The number of fused-ring (bicyclic) bond motifs is 4. The summed E-state index contributed by atoms with van der Waals surface area (Å²) in [5.41, 5.74) is 8.11. The number of rotatable bonds is 4. The lowest BCUT2D eigenvalue weighted by molar-refractivity contribution is 0.487. The first-order chi connectivity index (χ1) is 21.8. The van der Waals surface area contributed by atoms with Gasteiger partial charge < -0.3 is 9.64 Å². The van der Waals surface area contributed by atoms with Crippen molar-refractivity contribution in [1.29, 1.82) is 0 Å². The Morgan fingerprint density at radius 3 is 1.75 bits per heavy atom. The molecule has 0 aromatic heterocycles. The Bertz CT molecular complexity index is 2300. The average Bonchev–Trinajstić information content (AvgIpc) is 3.09. The van der Waals surface area contributed by atoms with Crippen LogP contribution in [0.4, 0.5) is 17.1 Å². The van der Waals surface area contributed by atoms with Gasteiger partial charge in [0.1, 0.15) is 11.5 Å². The molecule has 0 saturated carbocycles. The van der Waals surface area contributed by atoms with Crippen molar-refractivity contribution in [3.8, 4) is 33.8 Å². The van der Waals surface area contributed by atoms with E-state index in [1.165, 1.54) is 38.1 Å². The van der Waals surface area contributed by atoms with Crippen molar-refractivity contribution in [3.63, 3.8) is 0 Å². The Balaban J connectivity index is 1.28. The van der Waals surface area contributed by atoms with Crippen LogP contribution in [0.1, 0.15) is 0 Å². The molecule has 0 bridgehead atoms. The Kier molecular flexibility index (Phi) is 5.54. The zero-order valence-electron chi connectivity index (χ0n) is 23.9. The fourth-order valence-electron chi connectivity index (χ4n) is 6.86. The van der Waals surface area contributed by atoms with Gasteiger partial charge in [0.2, 0.25) is 0 Å². The van der Waals surface area contributed by atoms with Crippen LogP contribution in [0, 0.1) is 0 Å². The van der Waals surface area contributed by atoms with E-state index in [4.69, 9.17) is 4.74 Å². The van der Waals surface area contributed by atoms with Crippen molar-refractivity contribution < 1.29 is 4.74 Å². The Morgan fingerprint density at radius 1 is 0.386 bits per heavy atom. The molecule has 0 N–H and O–H groups in total. The van der Waals surface area contributed by atoms with E-state index in [1.54, 1.807) is 0 Å². The molecule has 0 aliphatic carbocycles. The van der Waals surface area contributed by atoms with E-state index in [-0.39, 0.29) is 0 Å². The van der Waals surface area contributed by atoms with Crippen LogP contribution < -0.4 is 9.64 Å². The lowest BCUT2D eigenvalue weighted by Crippen LogP contribution is -2.11. The third-order valence-corrected chi connectivity index (χ3v) is 8.83. The maximum Gasteiger partial charge on any atom is 0.135 e. The summed E-state index contributed by atoms with van der Waals surface area (Å²) in [5, 5.41) is 7.21. The normalized spacial score (nSPS) is 11.8. The molecule has 0 fully saturated rings.